The highest BCUT2D eigenvalue weighted by Gasteiger charge is 2.74. The number of unbranched alkanes of at least 4 members (excludes halogenated alkanes) is 1. The molecule has 3 N–H and O–H groups in total. The van der Waals surface area contributed by atoms with Crippen LogP contribution in [0.1, 0.15) is 25.7 Å². The number of aromatic nitrogens is 3. The SMILES string of the molecule is O=C(NCn1nnc2ccccc21)C1N(CCCCO)C(=O)[C@@H]2[C@H](C(=O)Nc3ccccc3)[C@@H]3CCC12O3. The summed E-state index contributed by atoms with van der Waals surface area (Å²) in [5, 5.41) is 23.4. The molecule has 2 unspecified atom stereocenters. The lowest BCUT2D eigenvalue weighted by atomic mass is 9.70. The van der Waals surface area contributed by atoms with Crippen molar-refractivity contribution in [3.8, 4) is 0 Å². The number of aliphatic hydroxyl groups is 1. The number of rotatable bonds is 9. The molecule has 3 saturated heterocycles. The number of carbonyl (C=O) groups is 3. The monoisotopic (exact) mass is 518 g/mol. The quantitative estimate of drug-likeness (QED) is 0.363. The van der Waals surface area contributed by atoms with E-state index in [-0.39, 0.29) is 31.0 Å². The van der Waals surface area contributed by atoms with Crippen molar-refractivity contribution in [2.75, 3.05) is 18.5 Å². The lowest BCUT2D eigenvalue weighted by Crippen LogP contribution is -2.55. The van der Waals surface area contributed by atoms with Crippen molar-refractivity contribution in [3.63, 3.8) is 0 Å². The van der Waals surface area contributed by atoms with Crippen LogP contribution < -0.4 is 10.6 Å². The van der Waals surface area contributed by atoms with Crippen molar-refractivity contribution in [1.82, 2.24) is 25.2 Å². The van der Waals surface area contributed by atoms with Gasteiger partial charge >= 0.3 is 0 Å². The van der Waals surface area contributed by atoms with E-state index in [1.54, 1.807) is 21.7 Å². The van der Waals surface area contributed by atoms with E-state index in [2.05, 4.69) is 20.9 Å². The molecule has 1 aromatic heterocycles. The molecule has 4 heterocycles. The highest BCUT2D eigenvalue weighted by molar-refractivity contribution is 6.02. The molecule has 1 spiro atoms. The minimum Gasteiger partial charge on any atom is -0.396 e. The fraction of sp³-hybridized carbons (Fsp3) is 0.444. The number of nitrogens with one attached hydrogen (secondary N) is 2. The molecule has 6 rings (SSSR count). The molecule has 3 amide bonds. The molecule has 2 aromatic carbocycles. The van der Waals surface area contributed by atoms with Crippen LogP contribution >= 0.6 is 0 Å². The number of likely N-dealkylation sites (tertiary alicyclic amines) is 1. The summed E-state index contributed by atoms with van der Waals surface area (Å²) in [5.74, 6) is -2.30. The van der Waals surface area contributed by atoms with Crippen LogP contribution in [0.25, 0.3) is 11.0 Å². The zero-order valence-electron chi connectivity index (χ0n) is 20.8. The third-order valence-electron chi connectivity index (χ3n) is 8.02. The van der Waals surface area contributed by atoms with Crippen LogP contribution in [0.15, 0.2) is 54.6 Å². The van der Waals surface area contributed by atoms with Gasteiger partial charge in [0.05, 0.1) is 23.5 Å². The van der Waals surface area contributed by atoms with Gasteiger partial charge in [0.2, 0.25) is 17.7 Å². The average molecular weight is 519 g/mol. The van der Waals surface area contributed by atoms with Crippen molar-refractivity contribution >= 4 is 34.4 Å². The summed E-state index contributed by atoms with van der Waals surface area (Å²) in [5.41, 5.74) is 1.07. The first-order valence-electron chi connectivity index (χ1n) is 13.0. The van der Waals surface area contributed by atoms with Crippen LogP contribution in [0, 0.1) is 11.8 Å². The Kier molecular flexibility index (Phi) is 6.32. The van der Waals surface area contributed by atoms with E-state index in [0.717, 1.165) is 5.52 Å². The number of nitrogens with zero attached hydrogens (tertiary/aromatic N) is 4. The van der Waals surface area contributed by atoms with E-state index in [9.17, 15) is 19.5 Å². The van der Waals surface area contributed by atoms with Gasteiger partial charge in [-0.15, -0.1) is 5.10 Å². The van der Waals surface area contributed by atoms with Gasteiger partial charge in [-0.05, 0) is 49.9 Å². The number of hydrogen-bond acceptors (Lipinski definition) is 7. The summed E-state index contributed by atoms with van der Waals surface area (Å²) in [7, 11) is 0. The van der Waals surface area contributed by atoms with Crippen LogP contribution in [0.5, 0.6) is 0 Å². The maximum absolute atomic E-state index is 13.9. The highest BCUT2D eigenvalue weighted by atomic mass is 16.5. The molecule has 198 valence electrons. The van der Waals surface area contributed by atoms with Gasteiger partial charge in [0.1, 0.15) is 23.8 Å². The predicted molar refractivity (Wildman–Crippen MR) is 136 cm³/mol. The molecule has 3 aliphatic rings. The first kappa shape index (κ1) is 24.5. The smallest absolute Gasteiger partial charge is 0.247 e. The average Bonchev–Trinajstić information content (AvgIpc) is 3.68. The molecule has 11 nitrogen and oxygen atoms in total. The largest absolute Gasteiger partial charge is 0.396 e. The van der Waals surface area contributed by atoms with Crippen LogP contribution in [-0.4, -0.2) is 73.6 Å². The normalized spacial score (nSPS) is 27.6. The molecule has 2 bridgehead atoms. The standard InChI is InChI=1S/C27H30N6O5/c34-15-7-6-14-32-23(25(36)28-16-33-19-11-5-4-10-18(19)30-31-33)27-13-12-20(38-27)21(22(27)26(32)37)24(35)29-17-8-2-1-3-9-17/h1-5,8-11,20-23,34H,6-7,12-16H2,(H,28,36)(H,29,35)/t20-,21+,22-,23?,27?/m0/s1. The van der Waals surface area contributed by atoms with Gasteiger partial charge in [-0.1, -0.05) is 35.5 Å². The Bertz CT molecular complexity index is 1360. The lowest BCUT2D eigenvalue weighted by molar-refractivity contribution is -0.141. The highest BCUT2D eigenvalue weighted by Crippen LogP contribution is 2.58. The van der Waals surface area contributed by atoms with Gasteiger partial charge in [0, 0.05) is 18.8 Å². The lowest BCUT2D eigenvalue weighted by Gasteiger charge is -2.33. The van der Waals surface area contributed by atoms with Gasteiger partial charge in [0.25, 0.3) is 0 Å². The summed E-state index contributed by atoms with van der Waals surface area (Å²) in [6.07, 6.45) is 1.72. The molecule has 3 aliphatic heterocycles. The first-order valence-corrected chi connectivity index (χ1v) is 13.0. The van der Waals surface area contributed by atoms with Crippen molar-refractivity contribution in [2.24, 2.45) is 11.8 Å². The second kappa shape index (κ2) is 9.80. The Hall–Kier alpha value is -3.83. The molecule has 3 fully saturated rings. The van der Waals surface area contributed by atoms with Crippen LogP contribution in [-0.2, 0) is 25.8 Å². The fourth-order valence-electron chi connectivity index (χ4n) is 6.42. The van der Waals surface area contributed by atoms with Crippen molar-refractivity contribution in [3.05, 3.63) is 54.6 Å². The molecule has 0 aliphatic carbocycles. The Balaban J connectivity index is 1.27. The Labute approximate surface area is 219 Å². The van der Waals surface area contributed by atoms with Crippen LogP contribution in [0.4, 0.5) is 5.69 Å². The third kappa shape index (κ3) is 3.93. The number of ether oxygens (including phenoxy) is 1. The van der Waals surface area contributed by atoms with E-state index in [1.807, 2.05) is 42.5 Å². The van der Waals surface area contributed by atoms with Crippen molar-refractivity contribution < 1.29 is 24.2 Å². The summed E-state index contributed by atoms with van der Waals surface area (Å²) in [6, 6.07) is 15.7. The Morgan fingerprint density at radius 1 is 1.08 bits per heavy atom. The molecular weight excluding hydrogens is 488 g/mol. The van der Waals surface area contributed by atoms with Gasteiger partial charge in [-0.25, -0.2) is 4.68 Å². The van der Waals surface area contributed by atoms with E-state index in [4.69, 9.17) is 4.74 Å². The predicted octanol–water partition coefficient (Wildman–Crippen LogP) is 1.29. The second-order valence-electron chi connectivity index (χ2n) is 10.2. The van der Waals surface area contributed by atoms with Crippen molar-refractivity contribution in [1.29, 1.82) is 0 Å². The second-order valence-corrected chi connectivity index (χ2v) is 10.2. The number of hydrogen-bond donors (Lipinski definition) is 3. The maximum atomic E-state index is 13.9. The van der Waals surface area contributed by atoms with Crippen LogP contribution in [0.2, 0.25) is 0 Å². The van der Waals surface area contributed by atoms with E-state index < -0.39 is 29.6 Å². The number of carbonyl (C=O) groups excluding carboxylic acids is 3. The third-order valence-corrected chi connectivity index (χ3v) is 8.02. The molecule has 5 atom stereocenters. The minimum absolute atomic E-state index is 0.00643. The number of fused-ring (bicyclic) bond motifs is 2. The van der Waals surface area contributed by atoms with Gasteiger partial charge in [-0.3, -0.25) is 14.4 Å². The van der Waals surface area contributed by atoms with E-state index in [1.165, 1.54) is 0 Å². The molecular formula is C27H30N6O5. The molecule has 0 saturated carbocycles. The molecule has 3 aromatic rings. The van der Waals surface area contributed by atoms with Gasteiger partial charge in [0.15, 0.2) is 0 Å². The number of amides is 3. The minimum atomic E-state index is -1.08. The summed E-state index contributed by atoms with van der Waals surface area (Å²) in [6.45, 7) is 0.368. The zero-order valence-corrected chi connectivity index (χ0v) is 20.8. The van der Waals surface area contributed by atoms with E-state index in [0.29, 0.717) is 43.4 Å². The van der Waals surface area contributed by atoms with E-state index >= 15 is 0 Å². The summed E-state index contributed by atoms with van der Waals surface area (Å²) >= 11 is 0. The zero-order chi connectivity index (χ0) is 26.3. The molecule has 38 heavy (non-hydrogen) atoms. The van der Waals surface area contributed by atoms with Gasteiger partial charge in [-0.2, -0.15) is 0 Å². The maximum Gasteiger partial charge on any atom is 0.247 e. The number of benzene rings is 2. The molecule has 11 heteroatoms. The number of para-hydroxylation sites is 2. The Morgan fingerprint density at radius 3 is 2.68 bits per heavy atom. The van der Waals surface area contributed by atoms with Crippen molar-refractivity contribution in [2.45, 2.75) is 50.1 Å². The molecule has 0 radical (unpaired) electrons. The fourth-order valence-corrected chi connectivity index (χ4v) is 6.42. The first-order chi connectivity index (χ1) is 18.5. The number of anilines is 1. The topological polar surface area (TPSA) is 139 Å². The summed E-state index contributed by atoms with van der Waals surface area (Å²) < 4.78 is 8.03. The van der Waals surface area contributed by atoms with Gasteiger partial charge < -0.3 is 25.4 Å². The van der Waals surface area contributed by atoms with Crippen LogP contribution in [0.3, 0.4) is 0 Å². The summed E-state index contributed by atoms with van der Waals surface area (Å²) in [4.78, 5) is 42.6. The number of aliphatic hydroxyl groups excluding tert-OH is 1. The Morgan fingerprint density at radius 2 is 1.87 bits per heavy atom.